The standard InChI is InChI=1S/C18H22O4/c1-3-4-9-21-16-11-17-14(10-15(16)18(19)22-17)12-5-7-13(20-2)8-6-12/h5-8,10,15-17H,3-4,9,11H2,1-2H3/t15-,16+,17-/m0/s1. The van der Waals surface area contributed by atoms with Crippen LogP contribution in [0.3, 0.4) is 0 Å². The van der Waals surface area contributed by atoms with Gasteiger partial charge in [-0.3, -0.25) is 4.79 Å². The molecule has 0 aromatic heterocycles. The van der Waals surface area contributed by atoms with Crippen LogP contribution < -0.4 is 4.74 Å². The van der Waals surface area contributed by atoms with Crippen LogP contribution in [-0.2, 0) is 14.3 Å². The van der Waals surface area contributed by atoms with E-state index >= 15 is 0 Å². The van der Waals surface area contributed by atoms with Gasteiger partial charge in [-0.25, -0.2) is 0 Å². The molecule has 0 amide bonds. The number of unbranched alkanes of at least 4 members (excludes halogenated alkanes) is 1. The average Bonchev–Trinajstić information content (AvgIpc) is 2.55. The summed E-state index contributed by atoms with van der Waals surface area (Å²) in [4.78, 5) is 12.0. The topological polar surface area (TPSA) is 44.8 Å². The lowest BCUT2D eigenvalue weighted by molar-refractivity contribution is -0.167. The van der Waals surface area contributed by atoms with Gasteiger partial charge in [0.1, 0.15) is 17.8 Å². The van der Waals surface area contributed by atoms with Gasteiger partial charge in [0.05, 0.1) is 13.2 Å². The fourth-order valence-electron chi connectivity index (χ4n) is 3.06. The summed E-state index contributed by atoms with van der Waals surface area (Å²) in [6.45, 7) is 2.84. The largest absolute Gasteiger partial charge is 0.497 e. The quantitative estimate of drug-likeness (QED) is 0.598. The first-order valence-electron chi connectivity index (χ1n) is 7.91. The Morgan fingerprint density at radius 2 is 2.05 bits per heavy atom. The molecule has 22 heavy (non-hydrogen) atoms. The highest BCUT2D eigenvalue weighted by molar-refractivity contribution is 5.86. The van der Waals surface area contributed by atoms with Gasteiger partial charge in [-0.2, -0.15) is 0 Å². The Kier molecular flexibility index (Phi) is 4.48. The van der Waals surface area contributed by atoms with Gasteiger partial charge in [0.15, 0.2) is 0 Å². The number of carbonyl (C=O) groups excluding carboxylic acids is 1. The minimum Gasteiger partial charge on any atom is -0.497 e. The molecule has 0 radical (unpaired) electrons. The fraction of sp³-hybridized carbons (Fsp3) is 0.500. The van der Waals surface area contributed by atoms with Crippen molar-refractivity contribution in [2.24, 2.45) is 5.92 Å². The number of carbonyl (C=O) groups is 1. The zero-order valence-electron chi connectivity index (χ0n) is 13.1. The first-order valence-corrected chi connectivity index (χ1v) is 7.91. The molecular weight excluding hydrogens is 280 g/mol. The molecule has 4 nitrogen and oxygen atoms in total. The third-order valence-electron chi connectivity index (χ3n) is 4.34. The molecule has 0 saturated carbocycles. The maximum Gasteiger partial charge on any atom is 0.316 e. The molecule has 0 N–H and O–H groups in total. The zero-order valence-corrected chi connectivity index (χ0v) is 13.1. The van der Waals surface area contributed by atoms with Crippen LogP contribution >= 0.6 is 0 Å². The van der Waals surface area contributed by atoms with E-state index in [2.05, 4.69) is 6.92 Å². The molecule has 2 aliphatic heterocycles. The molecule has 1 saturated heterocycles. The monoisotopic (exact) mass is 302 g/mol. The lowest BCUT2D eigenvalue weighted by Gasteiger charge is -2.40. The van der Waals surface area contributed by atoms with Gasteiger partial charge in [-0.15, -0.1) is 0 Å². The second kappa shape index (κ2) is 6.53. The van der Waals surface area contributed by atoms with Crippen LogP contribution in [0, 0.1) is 5.92 Å². The van der Waals surface area contributed by atoms with Gasteiger partial charge in [0.25, 0.3) is 0 Å². The molecule has 2 bridgehead atoms. The van der Waals surface area contributed by atoms with Crippen molar-refractivity contribution in [1.29, 1.82) is 0 Å². The van der Waals surface area contributed by atoms with Gasteiger partial charge in [-0.05, 0) is 29.7 Å². The van der Waals surface area contributed by atoms with Crippen molar-refractivity contribution in [3.05, 3.63) is 35.9 Å². The second-order valence-electron chi connectivity index (χ2n) is 5.80. The van der Waals surface area contributed by atoms with E-state index in [9.17, 15) is 4.79 Å². The molecule has 2 heterocycles. The normalized spacial score (nSPS) is 26.5. The summed E-state index contributed by atoms with van der Waals surface area (Å²) in [5.74, 6) is 0.386. The van der Waals surface area contributed by atoms with E-state index in [0.29, 0.717) is 6.61 Å². The molecule has 118 valence electrons. The Morgan fingerprint density at radius 3 is 2.68 bits per heavy atom. The first kappa shape index (κ1) is 15.1. The number of esters is 1. The minimum absolute atomic E-state index is 0.0419. The number of ether oxygens (including phenoxy) is 3. The summed E-state index contributed by atoms with van der Waals surface area (Å²) in [6.07, 6.45) is 4.66. The highest BCUT2D eigenvalue weighted by Crippen LogP contribution is 2.40. The molecule has 0 spiro atoms. The summed E-state index contributed by atoms with van der Waals surface area (Å²) in [5, 5.41) is 0. The van der Waals surface area contributed by atoms with Crippen LogP contribution in [0.4, 0.5) is 0 Å². The number of hydrogen-bond acceptors (Lipinski definition) is 4. The smallest absolute Gasteiger partial charge is 0.316 e. The second-order valence-corrected chi connectivity index (χ2v) is 5.80. The van der Waals surface area contributed by atoms with Gasteiger partial charge in [0, 0.05) is 13.0 Å². The predicted molar refractivity (Wildman–Crippen MR) is 83.6 cm³/mol. The highest BCUT2D eigenvalue weighted by Gasteiger charge is 2.44. The molecule has 1 aromatic carbocycles. The molecule has 3 aliphatic rings. The van der Waals surface area contributed by atoms with Crippen molar-refractivity contribution in [1.82, 2.24) is 0 Å². The van der Waals surface area contributed by atoms with Gasteiger partial charge in [-0.1, -0.05) is 31.6 Å². The fourth-order valence-corrected chi connectivity index (χ4v) is 3.06. The Bertz CT molecular complexity index is 561. The van der Waals surface area contributed by atoms with E-state index in [4.69, 9.17) is 14.2 Å². The van der Waals surface area contributed by atoms with Crippen LogP contribution in [0.25, 0.3) is 5.57 Å². The lowest BCUT2D eigenvalue weighted by Crippen LogP contribution is -2.46. The van der Waals surface area contributed by atoms with Crippen LogP contribution in [0.1, 0.15) is 31.7 Å². The molecule has 3 atom stereocenters. The Morgan fingerprint density at radius 1 is 1.27 bits per heavy atom. The molecule has 0 unspecified atom stereocenters. The van der Waals surface area contributed by atoms with Crippen LogP contribution in [-0.4, -0.2) is 31.9 Å². The van der Waals surface area contributed by atoms with E-state index in [1.807, 2.05) is 30.3 Å². The van der Waals surface area contributed by atoms with Crippen LogP contribution in [0.2, 0.25) is 0 Å². The summed E-state index contributed by atoms with van der Waals surface area (Å²) in [7, 11) is 1.65. The lowest BCUT2D eigenvalue weighted by atomic mass is 9.80. The summed E-state index contributed by atoms with van der Waals surface area (Å²) < 4.78 is 16.6. The number of hydrogen-bond donors (Lipinski definition) is 0. The predicted octanol–water partition coefficient (Wildman–Crippen LogP) is 3.21. The Labute approximate surface area is 131 Å². The van der Waals surface area contributed by atoms with Crippen molar-refractivity contribution in [3.8, 4) is 5.75 Å². The number of rotatable bonds is 6. The number of fused-ring (bicyclic) bond motifs is 2. The zero-order chi connectivity index (χ0) is 15.5. The van der Waals surface area contributed by atoms with Crippen molar-refractivity contribution < 1.29 is 19.0 Å². The molecule has 4 rings (SSSR count). The van der Waals surface area contributed by atoms with Crippen LogP contribution in [0.15, 0.2) is 30.3 Å². The van der Waals surface area contributed by atoms with E-state index in [0.717, 1.165) is 36.1 Å². The SMILES string of the molecule is CCCCO[C@@H]1C[C@@H]2OC(=O)[C@H]1C=C2c1ccc(OC)cc1. The molecule has 1 aromatic rings. The van der Waals surface area contributed by atoms with Crippen LogP contribution in [0.5, 0.6) is 5.75 Å². The molecule has 1 aliphatic carbocycles. The van der Waals surface area contributed by atoms with Crippen molar-refractivity contribution in [2.45, 2.75) is 38.4 Å². The summed E-state index contributed by atoms with van der Waals surface area (Å²) in [5.41, 5.74) is 2.16. The maximum absolute atomic E-state index is 12.0. The summed E-state index contributed by atoms with van der Waals surface area (Å²) >= 11 is 0. The van der Waals surface area contributed by atoms with E-state index in [1.165, 1.54) is 0 Å². The van der Waals surface area contributed by atoms with E-state index < -0.39 is 0 Å². The van der Waals surface area contributed by atoms with E-state index in [1.54, 1.807) is 7.11 Å². The van der Waals surface area contributed by atoms with Gasteiger partial charge in [0.2, 0.25) is 0 Å². The third kappa shape index (κ3) is 2.88. The Balaban J connectivity index is 1.78. The molecular formula is C18H22O4. The van der Waals surface area contributed by atoms with Gasteiger partial charge >= 0.3 is 5.97 Å². The van der Waals surface area contributed by atoms with E-state index in [-0.39, 0.29) is 24.1 Å². The van der Waals surface area contributed by atoms with Crippen molar-refractivity contribution in [2.75, 3.05) is 13.7 Å². The molecule has 4 heteroatoms. The average molecular weight is 302 g/mol. The minimum atomic E-state index is -0.279. The van der Waals surface area contributed by atoms with Crippen molar-refractivity contribution in [3.63, 3.8) is 0 Å². The maximum atomic E-state index is 12.0. The third-order valence-corrected chi connectivity index (χ3v) is 4.34. The Hall–Kier alpha value is -1.81. The number of methoxy groups -OCH3 is 1. The highest BCUT2D eigenvalue weighted by atomic mass is 16.6. The summed E-state index contributed by atoms with van der Waals surface area (Å²) in [6, 6.07) is 7.86. The van der Waals surface area contributed by atoms with Gasteiger partial charge < -0.3 is 14.2 Å². The number of benzene rings is 1. The van der Waals surface area contributed by atoms with Crippen molar-refractivity contribution >= 4 is 11.5 Å². The molecule has 1 fully saturated rings. The first-order chi connectivity index (χ1) is 10.7.